The normalized spacial score (nSPS) is 19.6. The summed E-state index contributed by atoms with van der Waals surface area (Å²) in [5.74, 6) is 0.0476. The van der Waals surface area contributed by atoms with Crippen molar-refractivity contribution in [2.45, 2.75) is 43.2 Å². The van der Waals surface area contributed by atoms with Crippen LogP contribution in [-0.4, -0.2) is 25.3 Å². The van der Waals surface area contributed by atoms with E-state index < -0.39 is 15.8 Å². The van der Waals surface area contributed by atoms with E-state index in [9.17, 15) is 12.8 Å². The SMILES string of the molecule is NCc1cc(S(=O)(=O)N(CC2CC2)C2CC2)ccc1F. The Morgan fingerprint density at radius 1 is 1.25 bits per heavy atom. The molecule has 2 fully saturated rings. The average molecular weight is 298 g/mol. The smallest absolute Gasteiger partial charge is 0.243 e. The predicted octanol–water partition coefficient (Wildman–Crippen LogP) is 1.85. The number of halogens is 1. The Morgan fingerprint density at radius 3 is 2.50 bits per heavy atom. The van der Waals surface area contributed by atoms with Gasteiger partial charge in [0.1, 0.15) is 5.82 Å². The van der Waals surface area contributed by atoms with E-state index in [1.165, 1.54) is 18.2 Å². The first-order chi connectivity index (χ1) is 9.52. The van der Waals surface area contributed by atoms with Crippen LogP contribution < -0.4 is 5.73 Å². The second kappa shape index (κ2) is 5.09. The maximum atomic E-state index is 13.5. The minimum Gasteiger partial charge on any atom is -0.326 e. The summed E-state index contributed by atoms with van der Waals surface area (Å²) in [4.78, 5) is 0.159. The van der Waals surface area contributed by atoms with Crippen molar-refractivity contribution >= 4 is 10.0 Å². The Kier molecular flexibility index (Phi) is 3.56. The van der Waals surface area contributed by atoms with Crippen LogP contribution in [0.3, 0.4) is 0 Å². The second-order valence-corrected chi connectivity index (χ2v) is 7.60. The summed E-state index contributed by atoms with van der Waals surface area (Å²) in [6.45, 7) is 0.601. The molecule has 0 radical (unpaired) electrons. The van der Waals surface area contributed by atoms with Gasteiger partial charge in [-0.25, -0.2) is 12.8 Å². The third-order valence-corrected chi connectivity index (χ3v) is 5.85. The van der Waals surface area contributed by atoms with Crippen LogP contribution in [0.1, 0.15) is 31.2 Å². The van der Waals surface area contributed by atoms with Crippen molar-refractivity contribution in [1.82, 2.24) is 4.31 Å². The van der Waals surface area contributed by atoms with Crippen LogP contribution in [0.5, 0.6) is 0 Å². The van der Waals surface area contributed by atoms with E-state index >= 15 is 0 Å². The number of rotatable bonds is 6. The molecule has 0 saturated heterocycles. The van der Waals surface area contributed by atoms with Crippen molar-refractivity contribution < 1.29 is 12.8 Å². The molecule has 0 spiro atoms. The Hall–Kier alpha value is -0.980. The van der Waals surface area contributed by atoms with Gasteiger partial charge in [-0.15, -0.1) is 0 Å². The molecular formula is C14H19FN2O2S. The third-order valence-electron chi connectivity index (χ3n) is 3.93. The highest BCUT2D eigenvalue weighted by molar-refractivity contribution is 7.89. The molecular weight excluding hydrogens is 279 g/mol. The monoisotopic (exact) mass is 298 g/mol. The summed E-state index contributed by atoms with van der Waals surface area (Å²) in [5, 5.41) is 0. The van der Waals surface area contributed by atoms with Crippen LogP contribution in [0.2, 0.25) is 0 Å². The molecule has 2 N–H and O–H groups in total. The summed E-state index contributed by atoms with van der Waals surface area (Å²) in [5.41, 5.74) is 5.70. The third kappa shape index (κ3) is 2.73. The first kappa shape index (κ1) is 14.0. The van der Waals surface area contributed by atoms with Crippen molar-refractivity contribution in [3.05, 3.63) is 29.6 Å². The van der Waals surface area contributed by atoms with Crippen LogP contribution in [0.4, 0.5) is 4.39 Å². The summed E-state index contributed by atoms with van der Waals surface area (Å²) >= 11 is 0. The maximum absolute atomic E-state index is 13.5. The number of hydrogen-bond donors (Lipinski definition) is 1. The Bertz CT molecular complexity index is 610. The van der Waals surface area contributed by atoms with Gasteiger partial charge >= 0.3 is 0 Å². The van der Waals surface area contributed by atoms with Crippen molar-refractivity contribution in [3.63, 3.8) is 0 Å². The average Bonchev–Trinajstić information content (AvgIpc) is 3.28. The summed E-state index contributed by atoms with van der Waals surface area (Å²) < 4.78 is 40.5. The molecule has 2 saturated carbocycles. The zero-order valence-corrected chi connectivity index (χ0v) is 12.1. The molecule has 2 aliphatic rings. The quantitative estimate of drug-likeness (QED) is 0.871. The van der Waals surface area contributed by atoms with Crippen LogP contribution in [0.15, 0.2) is 23.1 Å². The van der Waals surface area contributed by atoms with Gasteiger partial charge in [-0.1, -0.05) is 0 Å². The fraction of sp³-hybridized carbons (Fsp3) is 0.571. The fourth-order valence-corrected chi connectivity index (χ4v) is 4.18. The molecule has 2 aliphatic carbocycles. The van der Waals surface area contributed by atoms with Gasteiger partial charge in [0.25, 0.3) is 0 Å². The minimum absolute atomic E-state index is 0.00124. The topological polar surface area (TPSA) is 63.4 Å². The Balaban J connectivity index is 1.92. The maximum Gasteiger partial charge on any atom is 0.243 e. The number of sulfonamides is 1. The van der Waals surface area contributed by atoms with Crippen LogP contribution in [0.25, 0.3) is 0 Å². The molecule has 0 amide bonds. The number of hydrogen-bond acceptors (Lipinski definition) is 3. The number of nitrogens with two attached hydrogens (primary N) is 1. The molecule has 6 heteroatoms. The zero-order chi connectivity index (χ0) is 14.3. The molecule has 20 heavy (non-hydrogen) atoms. The predicted molar refractivity (Wildman–Crippen MR) is 73.9 cm³/mol. The van der Waals surface area contributed by atoms with Gasteiger partial charge in [-0.05, 0) is 49.8 Å². The lowest BCUT2D eigenvalue weighted by atomic mass is 10.2. The van der Waals surface area contributed by atoms with Crippen LogP contribution in [-0.2, 0) is 16.6 Å². The van der Waals surface area contributed by atoms with E-state index in [1.54, 1.807) is 4.31 Å². The van der Waals surface area contributed by atoms with Crippen LogP contribution in [0, 0.1) is 11.7 Å². The van der Waals surface area contributed by atoms with Gasteiger partial charge in [-0.3, -0.25) is 0 Å². The highest BCUT2D eigenvalue weighted by Crippen LogP contribution is 2.38. The molecule has 1 aromatic carbocycles. The van der Waals surface area contributed by atoms with Gasteiger partial charge in [-0.2, -0.15) is 4.31 Å². The Labute approximate surface area is 118 Å². The summed E-state index contributed by atoms with van der Waals surface area (Å²) in [7, 11) is -3.53. The van der Waals surface area contributed by atoms with Gasteiger partial charge in [0.15, 0.2) is 0 Å². The molecule has 3 rings (SSSR count). The molecule has 4 nitrogen and oxygen atoms in total. The van der Waals surface area contributed by atoms with E-state index in [4.69, 9.17) is 5.73 Å². The van der Waals surface area contributed by atoms with Crippen molar-refractivity contribution in [2.75, 3.05) is 6.54 Å². The summed E-state index contributed by atoms with van der Waals surface area (Å²) in [6, 6.07) is 4.03. The van der Waals surface area contributed by atoms with Gasteiger partial charge in [0.2, 0.25) is 10.0 Å². The first-order valence-electron chi connectivity index (χ1n) is 7.02. The molecule has 0 unspecified atom stereocenters. The molecule has 0 atom stereocenters. The van der Waals surface area contributed by atoms with Gasteiger partial charge in [0, 0.05) is 24.7 Å². The van der Waals surface area contributed by atoms with Crippen molar-refractivity contribution in [2.24, 2.45) is 11.7 Å². The lowest BCUT2D eigenvalue weighted by molar-refractivity contribution is 0.388. The molecule has 0 aromatic heterocycles. The standard InChI is InChI=1S/C14H19FN2O2S/c15-14-6-5-13(7-11(14)8-16)20(18,19)17(12-3-4-12)9-10-1-2-10/h5-7,10,12H,1-4,8-9,16H2. The van der Waals surface area contributed by atoms with E-state index in [-0.39, 0.29) is 23.0 Å². The zero-order valence-electron chi connectivity index (χ0n) is 11.3. The van der Waals surface area contributed by atoms with E-state index in [0.29, 0.717) is 12.5 Å². The second-order valence-electron chi connectivity index (χ2n) is 5.71. The molecule has 0 heterocycles. The number of benzene rings is 1. The minimum atomic E-state index is -3.53. The Morgan fingerprint density at radius 2 is 1.95 bits per heavy atom. The fourth-order valence-electron chi connectivity index (χ4n) is 2.36. The highest BCUT2D eigenvalue weighted by atomic mass is 32.2. The van der Waals surface area contributed by atoms with E-state index in [1.807, 2.05) is 0 Å². The van der Waals surface area contributed by atoms with Crippen LogP contribution >= 0.6 is 0 Å². The lowest BCUT2D eigenvalue weighted by Gasteiger charge is -2.22. The molecule has 0 aliphatic heterocycles. The first-order valence-corrected chi connectivity index (χ1v) is 8.46. The van der Waals surface area contributed by atoms with E-state index in [0.717, 1.165) is 25.7 Å². The van der Waals surface area contributed by atoms with Crippen molar-refractivity contribution in [1.29, 1.82) is 0 Å². The highest BCUT2D eigenvalue weighted by Gasteiger charge is 2.41. The summed E-state index contributed by atoms with van der Waals surface area (Å²) in [6.07, 6.45) is 4.07. The lowest BCUT2D eigenvalue weighted by Crippen LogP contribution is -2.35. The molecule has 0 bridgehead atoms. The van der Waals surface area contributed by atoms with E-state index in [2.05, 4.69) is 0 Å². The largest absolute Gasteiger partial charge is 0.326 e. The van der Waals surface area contributed by atoms with Gasteiger partial charge in [0.05, 0.1) is 4.90 Å². The van der Waals surface area contributed by atoms with Gasteiger partial charge < -0.3 is 5.73 Å². The number of nitrogens with zero attached hydrogens (tertiary/aromatic N) is 1. The molecule has 1 aromatic rings. The van der Waals surface area contributed by atoms with Crippen molar-refractivity contribution in [3.8, 4) is 0 Å². The molecule has 110 valence electrons.